The van der Waals surface area contributed by atoms with E-state index in [0.29, 0.717) is 0 Å². The second kappa shape index (κ2) is 6.46. The summed E-state index contributed by atoms with van der Waals surface area (Å²) in [5.41, 5.74) is -2.93. The van der Waals surface area contributed by atoms with Crippen molar-refractivity contribution in [1.82, 2.24) is 0 Å². The van der Waals surface area contributed by atoms with E-state index in [1.54, 1.807) is 0 Å². The standard InChI is InChI=1S/C19H14O12/c20-6-1-4-9-10-5(17(26)29-15(9)12(6)24)2-7(21)14(16(10)30-18(4)27)31-19-13(25)11(23)8(22)3-28-19/h1-2,8,11,13,19-25H,3H2/t8-,11+,13-,19?/m1/s1. The Labute approximate surface area is 169 Å². The third-order valence-electron chi connectivity index (χ3n) is 5.22. The van der Waals surface area contributed by atoms with Gasteiger partial charge < -0.3 is 48.9 Å². The van der Waals surface area contributed by atoms with Crippen molar-refractivity contribution in [3.8, 4) is 23.0 Å². The fourth-order valence-corrected chi connectivity index (χ4v) is 3.68. The summed E-state index contributed by atoms with van der Waals surface area (Å²) in [5.74, 6) is -2.67. The van der Waals surface area contributed by atoms with Gasteiger partial charge >= 0.3 is 11.3 Å². The maximum absolute atomic E-state index is 12.5. The quantitative estimate of drug-likeness (QED) is 0.133. The molecule has 2 aromatic heterocycles. The molecule has 0 radical (unpaired) electrons. The Morgan fingerprint density at radius 3 is 2.10 bits per heavy atom. The summed E-state index contributed by atoms with van der Waals surface area (Å²) in [6, 6.07) is 1.90. The molecule has 0 bridgehead atoms. The third kappa shape index (κ3) is 2.63. The number of aromatic hydroxyl groups is 3. The zero-order chi connectivity index (χ0) is 22.2. The Kier molecular flexibility index (Phi) is 4.04. The van der Waals surface area contributed by atoms with Gasteiger partial charge in [0.05, 0.1) is 17.4 Å². The maximum Gasteiger partial charge on any atom is 0.344 e. The highest BCUT2D eigenvalue weighted by Gasteiger charge is 2.40. The fourth-order valence-electron chi connectivity index (χ4n) is 3.68. The summed E-state index contributed by atoms with van der Waals surface area (Å²) in [4.78, 5) is 25.0. The van der Waals surface area contributed by atoms with Gasteiger partial charge in [-0.15, -0.1) is 0 Å². The number of hydrogen-bond donors (Lipinski definition) is 6. The Morgan fingerprint density at radius 1 is 0.839 bits per heavy atom. The van der Waals surface area contributed by atoms with Crippen molar-refractivity contribution in [3.05, 3.63) is 33.0 Å². The van der Waals surface area contributed by atoms with E-state index in [4.69, 9.17) is 18.3 Å². The van der Waals surface area contributed by atoms with Crippen LogP contribution in [0.2, 0.25) is 0 Å². The van der Waals surface area contributed by atoms with Gasteiger partial charge in [0.15, 0.2) is 22.7 Å². The van der Waals surface area contributed by atoms with Gasteiger partial charge in [-0.05, 0) is 12.1 Å². The van der Waals surface area contributed by atoms with Crippen LogP contribution in [0, 0.1) is 0 Å². The van der Waals surface area contributed by atoms with E-state index in [1.807, 2.05) is 0 Å². The molecule has 162 valence electrons. The summed E-state index contributed by atoms with van der Waals surface area (Å²) in [5, 5.41) is 59.3. The second-order valence-electron chi connectivity index (χ2n) is 7.12. The van der Waals surface area contributed by atoms with Crippen molar-refractivity contribution in [3.63, 3.8) is 0 Å². The first-order chi connectivity index (χ1) is 14.7. The van der Waals surface area contributed by atoms with Gasteiger partial charge in [0.2, 0.25) is 17.8 Å². The minimum Gasteiger partial charge on any atom is -0.504 e. The summed E-state index contributed by atoms with van der Waals surface area (Å²) >= 11 is 0. The zero-order valence-corrected chi connectivity index (χ0v) is 15.3. The van der Waals surface area contributed by atoms with Crippen LogP contribution in [0.5, 0.6) is 23.0 Å². The first kappa shape index (κ1) is 19.4. The molecule has 1 saturated heterocycles. The Bertz CT molecular complexity index is 1450. The number of ether oxygens (including phenoxy) is 2. The number of aliphatic hydroxyl groups is 3. The van der Waals surface area contributed by atoms with Gasteiger partial charge in [0.1, 0.15) is 18.3 Å². The predicted molar refractivity (Wildman–Crippen MR) is 101 cm³/mol. The molecule has 3 heterocycles. The summed E-state index contributed by atoms with van der Waals surface area (Å²) in [7, 11) is 0. The fraction of sp³-hybridized carbons (Fsp3) is 0.263. The van der Waals surface area contributed by atoms with Gasteiger partial charge in [-0.3, -0.25) is 0 Å². The largest absolute Gasteiger partial charge is 0.504 e. The average Bonchev–Trinajstić information content (AvgIpc) is 2.73. The molecule has 4 atom stereocenters. The van der Waals surface area contributed by atoms with Crippen molar-refractivity contribution in [2.75, 3.05) is 6.61 Å². The van der Waals surface area contributed by atoms with Crippen LogP contribution < -0.4 is 16.0 Å². The lowest BCUT2D eigenvalue weighted by molar-refractivity contribution is -0.242. The number of hydrogen-bond acceptors (Lipinski definition) is 12. The first-order valence-corrected chi connectivity index (χ1v) is 8.95. The van der Waals surface area contributed by atoms with Crippen LogP contribution in [0.4, 0.5) is 0 Å². The zero-order valence-electron chi connectivity index (χ0n) is 15.3. The molecule has 0 amide bonds. The first-order valence-electron chi connectivity index (χ1n) is 8.95. The third-order valence-corrected chi connectivity index (χ3v) is 5.22. The molecule has 1 aliphatic rings. The lowest BCUT2D eigenvalue weighted by Gasteiger charge is -2.35. The highest BCUT2D eigenvalue weighted by atomic mass is 16.7. The van der Waals surface area contributed by atoms with E-state index >= 15 is 0 Å². The predicted octanol–water partition coefficient (Wildman–Crippen LogP) is -0.575. The van der Waals surface area contributed by atoms with E-state index < -0.39 is 76.6 Å². The van der Waals surface area contributed by atoms with E-state index in [-0.39, 0.29) is 21.5 Å². The molecule has 1 unspecified atom stereocenters. The molecule has 6 N–H and O–H groups in total. The van der Waals surface area contributed by atoms with Crippen molar-refractivity contribution in [2.45, 2.75) is 24.6 Å². The molecule has 0 aliphatic carbocycles. The second-order valence-corrected chi connectivity index (χ2v) is 7.12. The minimum absolute atomic E-state index is 0.0603. The van der Waals surface area contributed by atoms with E-state index in [1.165, 1.54) is 0 Å². The summed E-state index contributed by atoms with van der Waals surface area (Å²) in [6.07, 6.45) is -6.27. The van der Waals surface area contributed by atoms with Crippen LogP contribution in [0.15, 0.2) is 30.6 Å². The molecule has 5 rings (SSSR count). The molecule has 1 aliphatic heterocycles. The smallest absolute Gasteiger partial charge is 0.344 e. The van der Waals surface area contributed by atoms with Crippen molar-refractivity contribution in [1.29, 1.82) is 0 Å². The van der Waals surface area contributed by atoms with Gasteiger partial charge in [-0.25, -0.2) is 9.59 Å². The Morgan fingerprint density at radius 2 is 1.42 bits per heavy atom. The van der Waals surface area contributed by atoms with Crippen LogP contribution in [0.3, 0.4) is 0 Å². The molecule has 0 saturated carbocycles. The number of rotatable bonds is 2. The lowest BCUT2D eigenvalue weighted by Crippen LogP contribution is -2.54. The van der Waals surface area contributed by atoms with Crippen LogP contribution in [-0.4, -0.2) is 61.8 Å². The Hall–Kier alpha value is -3.58. The number of aliphatic hydroxyl groups excluding tert-OH is 3. The van der Waals surface area contributed by atoms with Crippen LogP contribution in [-0.2, 0) is 4.74 Å². The highest BCUT2D eigenvalue weighted by Crippen LogP contribution is 2.45. The number of phenolic OH excluding ortho intramolecular Hbond substituents is 3. The molecule has 4 aromatic rings. The topological polar surface area (TPSA) is 200 Å². The molecule has 12 heteroatoms. The molecule has 31 heavy (non-hydrogen) atoms. The average molecular weight is 434 g/mol. The lowest BCUT2D eigenvalue weighted by atomic mass is 10.0. The maximum atomic E-state index is 12.5. The number of benzene rings is 2. The number of phenols is 3. The van der Waals surface area contributed by atoms with Crippen molar-refractivity contribution < 1.29 is 48.9 Å². The molecule has 0 spiro atoms. The Balaban J connectivity index is 1.82. The van der Waals surface area contributed by atoms with Gasteiger partial charge in [-0.2, -0.15) is 0 Å². The van der Waals surface area contributed by atoms with Gasteiger partial charge in [0.25, 0.3) is 0 Å². The minimum atomic E-state index is -1.72. The summed E-state index contributed by atoms with van der Waals surface area (Å²) in [6.45, 7) is -0.393. The molecular weight excluding hydrogens is 420 g/mol. The van der Waals surface area contributed by atoms with Crippen LogP contribution in [0.1, 0.15) is 0 Å². The van der Waals surface area contributed by atoms with Gasteiger partial charge in [0, 0.05) is 10.8 Å². The van der Waals surface area contributed by atoms with Gasteiger partial charge in [-0.1, -0.05) is 0 Å². The summed E-state index contributed by atoms with van der Waals surface area (Å²) < 4.78 is 20.9. The van der Waals surface area contributed by atoms with Crippen LogP contribution >= 0.6 is 0 Å². The van der Waals surface area contributed by atoms with E-state index in [0.717, 1.165) is 12.1 Å². The monoisotopic (exact) mass is 434 g/mol. The molecular formula is C19H14O12. The highest BCUT2D eigenvalue weighted by molar-refractivity contribution is 6.22. The van der Waals surface area contributed by atoms with Crippen molar-refractivity contribution in [2.24, 2.45) is 0 Å². The molecule has 12 nitrogen and oxygen atoms in total. The van der Waals surface area contributed by atoms with E-state index in [2.05, 4.69) is 0 Å². The normalized spacial score (nSPS) is 24.4. The molecule has 1 fully saturated rings. The molecule has 2 aromatic carbocycles. The SMILES string of the molecule is O=c1oc2c(OC3OC[C@@H](O)[C@H](O)[C@H]3O)c(O)cc3c(=O)oc4c(O)c(O)cc1c4c23. The van der Waals surface area contributed by atoms with Crippen molar-refractivity contribution >= 4 is 32.7 Å². The van der Waals surface area contributed by atoms with Crippen LogP contribution in [0.25, 0.3) is 32.7 Å². The van der Waals surface area contributed by atoms with E-state index in [9.17, 15) is 40.2 Å².